The molecule has 0 radical (unpaired) electrons. The van der Waals surface area contributed by atoms with Gasteiger partial charge in [0.05, 0.1) is 6.54 Å². The monoisotopic (exact) mass is 452 g/mol. The summed E-state index contributed by atoms with van der Waals surface area (Å²) in [5, 5.41) is 10.1. The van der Waals surface area contributed by atoms with E-state index in [0.29, 0.717) is 23.6 Å². The molecule has 174 valence electrons. The highest BCUT2D eigenvalue weighted by Gasteiger charge is 2.47. The number of phenolic OH excluding ortho intramolecular Hbond substituents is 1. The number of aldehydes is 1. The van der Waals surface area contributed by atoms with Gasteiger partial charge in [0.1, 0.15) is 12.0 Å². The van der Waals surface area contributed by atoms with Crippen molar-refractivity contribution in [2.24, 2.45) is 5.41 Å². The second-order valence-electron chi connectivity index (χ2n) is 10.5. The van der Waals surface area contributed by atoms with Crippen LogP contribution in [0.2, 0.25) is 0 Å². The molecule has 3 aromatic rings. The second kappa shape index (κ2) is 8.59. The number of likely N-dealkylation sites (tertiary alicyclic amines) is 1. The van der Waals surface area contributed by atoms with Crippen molar-refractivity contribution in [3.8, 4) is 5.75 Å². The third kappa shape index (κ3) is 3.80. The molecule has 2 fully saturated rings. The van der Waals surface area contributed by atoms with Crippen LogP contribution in [0.25, 0.3) is 0 Å². The van der Waals surface area contributed by atoms with E-state index < -0.39 is 0 Å². The van der Waals surface area contributed by atoms with Gasteiger partial charge >= 0.3 is 0 Å². The molecule has 2 saturated heterocycles. The summed E-state index contributed by atoms with van der Waals surface area (Å²) in [5.74, 6) is 1.07. The molecule has 0 amide bonds. The molecule has 1 unspecified atom stereocenters. The molecule has 0 aromatic heterocycles. The Morgan fingerprint density at radius 2 is 1.74 bits per heavy atom. The fourth-order valence-corrected chi connectivity index (χ4v) is 6.66. The van der Waals surface area contributed by atoms with E-state index in [1.165, 1.54) is 34.4 Å². The van der Waals surface area contributed by atoms with Crippen molar-refractivity contribution in [2.75, 3.05) is 37.6 Å². The summed E-state index contributed by atoms with van der Waals surface area (Å²) in [6, 6.07) is 26.0. The first-order chi connectivity index (χ1) is 16.6. The number of phenols is 1. The van der Waals surface area contributed by atoms with E-state index in [0.717, 1.165) is 45.3 Å². The number of nitrogens with zero attached hydrogens (tertiary/aromatic N) is 2. The van der Waals surface area contributed by atoms with E-state index in [-0.39, 0.29) is 5.92 Å². The van der Waals surface area contributed by atoms with Crippen LogP contribution >= 0.6 is 0 Å². The lowest BCUT2D eigenvalue weighted by molar-refractivity contribution is -0.108. The van der Waals surface area contributed by atoms with Crippen molar-refractivity contribution in [2.45, 2.75) is 31.1 Å². The molecular formula is C30H32N2O2. The van der Waals surface area contributed by atoms with Crippen molar-refractivity contribution in [3.63, 3.8) is 0 Å². The molecule has 2 heterocycles. The Balaban J connectivity index is 1.25. The third-order valence-corrected chi connectivity index (χ3v) is 8.34. The number of aryl methyl sites for hydroxylation is 1. The summed E-state index contributed by atoms with van der Waals surface area (Å²) in [4.78, 5) is 15.6. The summed E-state index contributed by atoms with van der Waals surface area (Å²) in [7, 11) is 0. The second-order valence-corrected chi connectivity index (χ2v) is 10.5. The zero-order chi connectivity index (χ0) is 23.1. The first-order valence-corrected chi connectivity index (χ1v) is 12.5. The zero-order valence-electron chi connectivity index (χ0n) is 19.6. The van der Waals surface area contributed by atoms with Crippen LogP contribution in [0.3, 0.4) is 0 Å². The van der Waals surface area contributed by atoms with E-state index >= 15 is 0 Å². The van der Waals surface area contributed by atoms with Crippen LogP contribution in [-0.4, -0.2) is 49.0 Å². The number of hydrogen-bond acceptors (Lipinski definition) is 4. The molecule has 2 atom stereocenters. The molecule has 34 heavy (non-hydrogen) atoms. The quantitative estimate of drug-likeness (QED) is 0.556. The molecule has 0 saturated carbocycles. The maximum atomic E-state index is 10.9. The number of fused-ring (bicyclic) bond motifs is 1. The summed E-state index contributed by atoms with van der Waals surface area (Å²) in [6.07, 6.45) is 4.30. The van der Waals surface area contributed by atoms with Crippen LogP contribution in [0.5, 0.6) is 5.75 Å². The van der Waals surface area contributed by atoms with E-state index in [9.17, 15) is 9.90 Å². The Morgan fingerprint density at radius 1 is 0.941 bits per heavy atom. The number of benzene rings is 3. The molecule has 6 rings (SSSR count). The molecule has 2 aliphatic heterocycles. The van der Waals surface area contributed by atoms with E-state index in [4.69, 9.17) is 0 Å². The number of carbonyl (C=O) groups is 1. The minimum atomic E-state index is 0.287. The summed E-state index contributed by atoms with van der Waals surface area (Å²) < 4.78 is 0. The van der Waals surface area contributed by atoms with Crippen molar-refractivity contribution in [3.05, 3.63) is 95.1 Å². The number of rotatable bonds is 5. The molecule has 1 spiro atoms. The molecular weight excluding hydrogens is 420 g/mol. The summed E-state index contributed by atoms with van der Waals surface area (Å²) >= 11 is 0. The SMILES string of the molecule is O=CCN1CCC2(C1)CN(c1ccc([C@H]3c4ccc(O)cc4CCC3c3ccccc3)cc1)C2. The lowest BCUT2D eigenvalue weighted by Crippen LogP contribution is -2.57. The topological polar surface area (TPSA) is 43.8 Å². The highest BCUT2D eigenvalue weighted by molar-refractivity contribution is 5.55. The Kier molecular flexibility index (Phi) is 5.41. The Labute approximate surface area is 201 Å². The predicted octanol–water partition coefficient (Wildman–Crippen LogP) is 4.97. The summed E-state index contributed by atoms with van der Waals surface area (Å²) in [6.45, 7) is 4.83. The Hall–Kier alpha value is -3.11. The van der Waals surface area contributed by atoms with Gasteiger partial charge in [-0.3, -0.25) is 4.90 Å². The predicted molar refractivity (Wildman–Crippen MR) is 136 cm³/mol. The minimum absolute atomic E-state index is 0.287. The maximum Gasteiger partial charge on any atom is 0.133 e. The van der Waals surface area contributed by atoms with Gasteiger partial charge in [-0.15, -0.1) is 0 Å². The number of anilines is 1. The first kappa shape index (κ1) is 21.4. The van der Waals surface area contributed by atoms with Gasteiger partial charge in [0.25, 0.3) is 0 Å². The van der Waals surface area contributed by atoms with Gasteiger partial charge in [0, 0.05) is 36.7 Å². The van der Waals surface area contributed by atoms with Gasteiger partial charge in [-0.1, -0.05) is 48.5 Å². The molecule has 1 N–H and O–H groups in total. The molecule has 3 aliphatic rings. The van der Waals surface area contributed by atoms with Gasteiger partial charge in [-0.05, 0) is 78.2 Å². The standard InChI is InChI=1S/C30H32N2O2/c33-17-16-31-15-14-30(19-31)20-32(21-30)25-9-6-23(7-10-25)29-27(22-4-2-1-3-5-22)12-8-24-18-26(34)11-13-28(24)29/h1-7,9-11,13,17-18,27,29,34H,8,12,14-16,19-21H2/t27?,29-/m1/s1. The molecule has 3 aromatic carbocycles. The molecule has 4 nitrogen and oxygen atoms in total. The number of carbonyl (C=O) groups excluding carboxylic acids is 1. The van der Waals surface area contributed by atoms with Crippen molar-refractivity contribution < 1.29 is 9.90 Å². The fraction of sp³-hybridized carbons (Fsp3) is 0.367. The minimum Gasteiger partial charge on any atom is -0.508 e. The molecule has 1 aliphatic carbocycles. The van der Waals surface area contributed by atoms with Gasteiger partial charge in [-0.2, -0.15) is 0 Å². The fourth-order valence-electron chi connectivity index (χ4n) is 6.66. The Morgan fingerprint density at radius 3 is 2.50 bits per heavy atom. The van der Waals surface area contributed by atoms with Gasteiger partial charge in [-0.25, -0.2) is 0 Å². The van der Waals surface area contributed by atoms with Crippen LogP contribution < -0.4 is 4.90 Å². The smallest absolute Gasteiger partial charge is 0.133 e. The van der Waals surface area contributed by atoms with Crippen molar-refractivity contribution in [1.82, 2.24) is 4.90 Å². The van der Waals surface area contributed by atoms with Crippen LogP contribution in [0.4, 0.5) is 5.69 Å². The molecule has 4 heteroatoms. The van der Waals surface area contributed by atoms with Crippen LogP contribution in [-0.2, 0) is 11.2 Å². The largest absolute Gasteiger partial charge is 0.508 e. The lowest BCUT2D eigenvalue weighted by Gasteiger charge is -2.49. The maximum absolute atomic E-state index is 10.9. The number of hydrogen-bond donors (Lipinski definition) is 1. The zero-order valence-corrected chi connectivity index (χ0v) is 19.6. The highest BCUT2D eigenvalue weighted by Crippen LogP contribution is 2.48. The lowest BCUT2D eigenvalue weighted by atomic mass is 9.69. The van der Waals surface area contributed by atoms with Gasteiger partial charge < -0.3 is 14.8 Å². The van der Waals surface area contributed by atoms with Crippen molar-refractivity contribution >= 4 is 12.0 Å². The third-order valence-electron chi connectivity index (χ3n) is 8.34. The highest BCUT2D eigenvalue weighted by atomic mass is 16.3. The van der Waals surface area contributed by atoms with Gasteiger partial charge in [0.2, 0.25) is 0 Å². The average Bonchev–Trinajstić information content (AvgIpc) is 3.28. The van der Waals surface area contributed by atoms with Crippen LogP contribution in [0, 0.1) is 5.41 Å². The van der Waals surface area contributed by atoms with Crippen LogP contribution in [0.1, 0.15) is 46.9 Å². The first-order valence-electron chi connectivity index (χ1n) is 12.5. The van der Waals surface area contributed by atoms with Crippen molar-refractivity contribution in [1.29, 1.82) is 0 Å². The van der Waals surface area contributed by atoms with Crippen LogP contribution in [0.15, 0.2) is 72.8 Å². The van der Waals surface area contributed by atoms with Gasteiger partial charge in [0.15, 0.2) is 0 Å². The summed E-state index contributed by atoms with van der Waals surface area (Å²) in [5.41, 5.74) is 7.01. The van der Waals surface area contributed by atoms with E-state index in [1.54, 1.807) is 0 Å². The molecule has 0 bridgehead atoms. The normalized spacial score (nSPS) is 23.5. The van der Waals surface area contributed by atoms with E-state index in [2.05, 4.69) is 70.5 Å². The number of aromatic hydroxyl groups is 1. The Bertz CT molecular complexity index is 1170. The average molecular weight is 453 g/mol. The van der Waals surface area contributed by atoms with E-state index in [1.807, 2.05) is 12.1 Å².